The molecule has 0 saturated carbocycles. The second-order valence-electron chi connectivity index (χ2n) is 6.11. The van der Waals surface area contributed by atoms with Gasteiger partial charge < -0.3 is 9.97 Å². The molecule has 0 unspecified atom stereocenters. The van der Waals surface area contributed by atoms with Crippen LogP contribution in [0.1, 0.15) is 25.0 Å². The van der Waals surface area contributed by atoms with Crippen LogP contribution in [0.3, 0.4) is 0 Å². The van der Waals surface area contributed by atoms with Crippen LogP contribution in [-0.4, -0.2) is 9.97 Å². The number of aromatic amines is 2. The summed E-state index contributed by atoms with van der Waals surface area (Å²) in [5.41, 5.74) is 5.05. The van der Waals surface area contributed by atoms with E-state index in [1.165, 1.54) is 32.9 Å². The van der Waals surface area contributed by atoms with E-state index in [9.17, 15) is 0 Å². The van der Waals surface area contributed by atoms with Gasteiger partial charge in [-0.2, -0.15) is 0 Å². The zero-order chi connectivity index (χ0) is 14.4. The van der Waals surface area contributed by atoms with Crippen molar-refractivity contribution in [3.63, 3.8) is 0 Å². The maximum absolute atomic E-state index is 3.31. The molecule has 0 aliphatic rings. The number of aromatic nitrogens is 2. The maximum Gasteiger partial charge on any atom is 0.0457 e. The number of rotatable bonds is 2. The molecule has 0 atom stereocenters. The van der Waals surface area contributed by atoms with Crippen molar-refractivity contribution in [3.05, 3.63) is 72.1 Å². The number of hydrogen-bond acceptors (Lipinski definition) is 0. The van der Waals surface area contributed by atoms with Gasteiger partial charge in [0.2, 0.25) is 0 Å². The van der Waals surface area contributed by atoms with Crippen LogP contribution < -0.4 is 0 Å². The zero-order valence-electron chi connectivity index (χ0n) is 12.3. The van der Waals surface area contributed by atoms with Crippen LogP contribution in [0.4, 0.5) is 0 Å². The van der Waals surface area contributed by atoms with Crippen LogP contribution in [0.25, 0.3) is 21.8 Å². The van der Waals surface area contributed by atoms with Crippen LogP contribution in [0.5, 0.6) is 0 Å². The van der Waals surface area contributed by atoms with Gasteiger partial charge >= 0.3 is 0 Å². The molecule has 0 saturated heterocycles. The van der Waals surface area contributed by atoms with Crippen molar-refractivity contribution in [2.45, 2.75) is 19.3 Å². The van der Waals surface area contributed by atoms with Crippen molar-refractivity contribution in [1.82, 2.24) is 9.97 Å². The third-order valence-corrected chi connectivity index (χ3v) is 4.54. The second kappa shape index (κ2) is 4.26. The van der Waals surface area contributed by atoms with Crippen molar-refractivity contribution in [3.8, 4) is 0 Å². The van der Waals surface area contributed by atoms with Crippen LogP contribution in [0.15, 0.2) is 60.9 Å². The SMILES string of the molecule is CC(C)(c1cccc2[nH]ccc12)c1cccc2[nH]ccc12. The second-order valence-corrected chi connectivity index (χ2v) is 6.11. The van der Waals surface area contributed by atoms with E-state index < -0.39 is 0 Å². The van der Waals surface area contributed by atoms with Crippen LogP contribution >= 0.6 is 0 Å². The molecule has 4 aromatic rings. The monoisotopic (exact) mass is 274 g/mol. The van der Waals surface area contributed by atoms with Gasteiger partial charge in [-0.05, 0) is 35.4 Å². The molecular weight excluding hydrogens is 256 g/mol. The first-order valence-electron chi connectivity index (χ1n) is 7.31. The number of fused-ring (bicyclic) bond motifs is 2. The zero-order valence-corrected chi connectivity index (χ0v) is 12.3. The number of hydrogen-bond donors (Lipinski definition) is 2. The molecular formula is C19H18N2. The predicted molar refractivity (Wildman–Crippen MR) is 88.7 cm³/mol. The molecule has 0 fully saturated rings. The Morgan fingerprint density at radius 2 is 1.14 bits per heavy atom. The molecule has 0 radical (unpaired) electrons. The highest BCUT2D eigenvalue weighted by Gasteiger charge is 2.27. The van der Waals surface area contributed by atoms with Crippen molar-refractivity contribution in [1.29, 1.82) is 0 Å². The van der Waals surface area contributed by atoms with Crippen molar-refractivity contribution < 1.29 is 0 Å². The Kier molecular flexibility index (Phi) is 2.49. The Morgan fingerprint density at radius 1 is 0.667 bits per heavy atom. The molecule has 2 N–H and O–H groups in total. The lowest BCUT2D eigenvalue weighted by Gasteiger charge is -2.28. The van der Waals surface area contributed by atoms with Gasteiger partial charge in [-0.1, -0.05) is 38.1 Å². The average Bonchev–Trinajstić information content (AvgIpc) is 3.14. The Morgan fingerprint density at radius 3 is 1.62 bits per heavy atom. The summed E-state index contributed by atoms with van der Waals surface area (Å²) in [6.07, 6.45) is 4.03. The minimum atomic E-state index is -0.0522. The number of nitrogens with one attached hydrogen (secondary N) is 2. The third-order valence-electron chi connectivity index (χ3n) is 4.54. The standard InChI is InChI=1S/C19H18N2/c1-19(2,15-5-3-7-17-13(15)9-11-20-17)16-6-4-8-18-14(16)10-12-21-18/h3-12,20-21H,1-2H3. The summed E-state index contributed by atoms with van der Waals surface area (Å²) in [7, 11) is 0. The first kappa shape index (κ1) is 12.3. The molecule has 2 heterocycles. The van der Waals surface area contributed by atoms with Gasteiger partial charge in [0.15, 0.2) is 0 Å². The highest BCUT2D eigenvalue weighted by atomic mass is 14.7. The molecule has 2 aromatic heterocycles. The molecule has 2 nitrogen and oxygen atoms in total. The van der Waals surface area contributed by atoms with E-state index in [0.717, 1.165) is 0 Å². The quantitative estimate of drug-likeness (QED) is 0.517. The molecule has 0 bridgehead atoms. The van der Waals surface area contributed by atoms with Crippen molar-refractivity contribution in [2.75, 3.05) is 0 Å². The highest BCUT2D eigenvalue weighted by Crippen LogP contribution is 2.38. The summed E-state index contributed by atoms with van der Waals surface area (Å²) in [5.74, 6) is 0. The third kappa shape index (κ3) is 1.72. The van der Waals surface area contributed by atoms with E-state index in [1.807, 2.05) is 12.4 Å². The summed E-state index contributed by atoms with van der Waals surface area (Å²) in [6.45, 7) is 4.60. The van der Waals surface area contributed by atoms with Crippen LogP contribution in [0, 0.1) is 0 Å². The fourth-order valence-electron chi connectivity index (χ4n) is 3.41. The summed E-state index contributed by atoms with van der Waals surface area (Å²) in [4.78, 5) is 6.62. The predicted octanol–water partition coefficient (Wildman–Crippen LogP) is 4.98. The lowest BCUT2D eigenvalue weighted by atomic mass is 9.75. The van der Waals surface area contributed by atoms with E-state index in [-0.39, 0.29) is 5.41 Å². The van der Waals surface area contributed by atoms with E-state index in [4.69, 9.17) is 0 Å². The van der Waals surface area contributed by atoms with E-state index in [2.05, 4.69) is 72.3 Å². The molecule has 0 spiro atoms. The molecule has 0 aliphatic heterocycles. The van der Waals surface area contributed by atoms with Gasteiger partial charge in [0.1, 0.15) is 0 Å². The first-order chi connectivity index (χ1) is 10.2. The van der Waals surface area contributed by atoms with Gasteiger partial charge in [0.25, 0.3) is 0 Å². The van der Waals surface area contributed by atoms with Crippen molar-refractivity contribution in [2.24, 2.45) is 0 Å². The lowest BCUT2D eigenvalue weighted by molar-refractivity contribution is 0.653. The summed E-state index contributed by atoms with van der Waals surface area (Å²) < 4.78 is 0. The smallest absolute Gasteiger partial charge is 0.0457 e. The summed E-state index contributed by atoms with van der Waals surface area (Å²) >= 11 is 0. The molecule has 4 rings (SSSR count). The Labute approximate surface area is 123 Å². The topological polar surface area (TPSA) is 31.6 Å². The largest absolute Gasteiger partial charge is 0.361 e. The first-order valence-corrected chi connectivity index (χ1v) is 7.31. The molecule has 2 aromatic carbocycles. The van der Waals surface area contributed by atoms with Gasteiger partial charge in [-0.25, -0.2) is 0 Å². The van der Waals surface area contributed by atoms with Gasteiger partial charge in [-0.3, -0.25) is 0 Å². The van der Waals surface area contributed by atoms with E-state index in [1.54, 1.807) is 0 Å². The normalized spacial score (nSPS) is 12.3. The van der Waals surface area contributed by atoms with Crippen LogP contribution in [-0.2, 0) is 5.41 Å². The Hall–Kier alpha value is -2.48. The maximum atomic E-state index is 3.31. The van der Waals surface area contributed by atoms with Crippen molar-refractivity contribution >= 4 is 21.8 Å². The number of benzene rings is 2. The van der Waals surface area contributed by atoms with E-state index >= 15 is 0 Å². The molecule has 21 heavy (non-hydrogen) atoms. The van der Waals surface area contributed by atoms with Crippen LogP contribution in [0.2, 0.25) is 0 Å². The fraction of sp³-hybridized carbons (Fsp3) is 0.158. The summed E-state index contributed by atoms with van der Waals surface area (Å²) in [5, 5.41) is 2.60. The minimum Gasteiger partial charge on any atom is -0.361 e. The summed E-state index contributed by atoms with van der Waals surface area (Å²) in [6, 6.07) is 17.3. The fourth-order valence-corrected chi connectivity index (χ4v) is 3.41. The van der Waals surface area contributed by atoms with Gasteiger partial charge in [0.05, 0.1) is 0 Å². The number of H-pyrrole nitrogens is 2. The molecule has 2 heteroatoms. The molecule has 0 aliphatic carbocycles. The molecule has 104 valence electrons. The molecule has 0 amide bonds. The van der Waals surface area contributed by atoms with Gasteiger partial charge in [0, 0.05) is 39.6 Å². The average molecular weight is 274 g/mol. The van der Waals surface area contributed by atoms with E-state index in [0.29, 0.717) is 0 Å². The minimum absolute atomic E-state index is 0.0522. The Balaban J connectivity index is 2.02. The van der Waals surface area contributed by atoms with Gasteiger partial charge in [-0.15, -0.1) is 0 Å². The lowest BCUT2D eigenvalue weighted by Crippen LogP contribution is -2.19. The highest BCUT2D eigenvalue weighted by molar-refractivity contribution is 5.88. The Bertz CT molecular complexity index is 849.